The fourth-order valence-corrected chi connectivity index (χ4v) is 3.65. The Kier molecular flexibility index (Phi) is 4.23. The number of aromatic nitrogens is 4. The van der Waals surface area contributed by atoms with Gasteiger partial charge in [-0.25, -0.2) is 15.0 Å². The van der Waals surface area contributed by atoms with E-state index in [0.29, 0.717) is 5.65 Å². The molecule has 2 heterocycles. The summed E-state index contributed by atoms with van der Waals surface area (Å²) in [6.45, 7) is 2.00. The van der Waals surface area contributed by atoms with Crippen molar-refractivity contribution >= 4 is 38.9 Å². The van der Waals surface area contributed by atoms with E-state index in [0.717, 1.165) is 20.6 Å². The Labute approximate surface area is 134 Å². The third-order valence-corrected chi connectivity index (χ3v) is 5.06. The molecule has 5 nitrogen and oxygen atoms in total. The van der Waals surface area contributed by atoms with Gasteiger partial charge in [-0.15, -0.1) is 0 Å². The van der Waals surface area contributed by atoms with Crippen LogP contribution in [0.4, 0.5) is 0 Å². The first-order chi connectivity index (χ1) is 10.1. The molecule has 2 unspecified atom stereocenters. The number of nitrogens with one attached hydrogen (secondary N) is 1. The van der Waals surface area contributed by atoms with Crippen molar-refractivity contribution in [2.75, 3.05) is 0 Å². The van der Waals surface area contributed by atoms with Gasteiger partial charge in [-0.3, -0.25) is 0 Å². The Morgan fingerprint density at radius 1 is 1.29 bits per heavy atom. The molecule has 3 N–H and O–H groups in total. The van der Waals surface area contributed by atoms with Crippen molar-refractivity contribution in [2.45, 2.75) is 23.2 Å². The summed E-state index contributed by atoms with van der Waals surface area (Å²) in [7, 11) is 0. The average Bonchev–Trinajstić information content (AvgIpc) is 2.93. The van der Waals surface area contributed by atoms with Crippen molar-refractivity contribution < 1.29 is 0 Å². The number of fused-ring (bicyclic) bond motifs is 1. The summed E-state index contributed by atoms with van der Waals surface area (Å²) in [5.74, 6) is 0. The predicted octanol–water partition coefficient (Wildman–Crippen LogP) is 3.30. The molecule has 0 spiro atoms. The maximum absolute atomic E-state index is 6.18. The molecule has 3 aromatic rings. The van der Waals surface area contributed by atoms with Crippen molar-refractivity contribution in [2.24, 2.45) is 5.73 Å². The number of hydrogen-bond donors (Lipinski definition) is 2. The van der Waals surface area contributed by atoms with Crippen molar-refractivity contribution in [3.8, 4) is 0 Å². The van der Waals surface area contributed by atoms with E-state index < -0.39 is 0 Å². The maximum atomic E-state index is 6.18. The van der Waals surface area contributed by atoms with E-state index in [1.54, 1.807) is 18.1 Å². The molecule has 0 amide bonds. The fourth-order valence-electron chi connectivity index (χ4n) is 2.11. The summed E-state index contributed by atoms with van der Waals surface area (Å²) in [6, 6.07) is 8.17. The molecule has 2 atom stereocenters. The Morgan fingerprint density at radius 2 is 2.14 bits per heavy atom. The first-order valence-corrected chi connectivity index (χ1v) is 8.14. The zero-order valence-corrected chi connectivity index (χ0v) is 13.7. The van der Waals surface area contributed by atoms with Crippen LogP contribution in [0.15, 0.2) is 46.4 Å². The topological polar surface area (TPSA) is 80.5 Å². The lowest BCUT2D eigenvalue weighted by molar-refractivity contribution is 0.720. The van der Waals surface area contributed by atoms with Gasteiger partial charge in [-0.1, -0.05) is 39.8 Å². The van der Waals surface area contributed by atoms with Gasteiger partial charge in [-0.2, -0.15) is 0 Å². The molecule has 0 aliphatic heterocycles. The highest BCUT2D eigenvalue weighted by molar-refractivity contribution is 9.10. The normalized spacial score (nSPS) is 14.2. The van der Waals surface area contributed by atoms with Gasteiger partial charge in [-0.05, 0) is 24.6 Å². The second kappa shape index (κ2) is 6.13. The first kappa shape index (κ1) is 14.5. The molecule has 21 heavy (non-hydrogen) atoms. The Balaban J connectivity index is 1.98. The number of benzene rings is 1. The van der Waals surface area contributed by atoms with Crippen LogP contribution >= 0.6 is 27.7 Å². The number of imidazole rings is 1. The summed E-state index contributed by atoms with van der Waals surface area (Å²) in [4.78, 5) is 15.7. The van der Waals surface area contributed by atoms with Gasteiger partial charge in [0.1, 0.15) is 16.9 Å². The van der Waals surface area contributed by atoms with Crippen LogP contribution in [0.1, 0.15) is 17.7 Å². The standard InChI is InChI=1S/C14H14BrN5S/c1-8(16)12(9-3-2-4-10(15)5-9)21-14-11-13(18-6-17-11)19-7-20-14/h2-8,12H,16H2,1H3,(H,17,18,19,20). The van der Waals surface area contributed by atoms with E-state index in [1.807, 2.05) is 19.1 Å². The van der Waals surface area contributed by atoms with Crippen molar-refractivity contribution in [3.63, 3.8) is 0 Å². The van der Waals surface area contributed by atoms with Gasteiger partial charge < -0.3 is 10.7 Å². The summed E-state index contributed by atoms with van der Waals surface area (Å²) >= 11 is 5.13. The summed E-state index contributed by atoms with van der Waals surface area (Å²) < 4.78 is 1.04. The highest BCUT2D eigenvalue weighted by Crippen LogP contribution is 2.38. The van der Waals surface area contributed by atoms with Gasteiger partial charge in [0.25, 0.3) is 0 Å². The molecule has 1 aromatic carbocycles. The number of aromatic amines is 1. The minimum atomic E-state index is -0.0164. The number of thioether (sulfide) groups is 1. The molecule has 0 saturated carbocycles. The molecule has 7 heteroatoms. The zero-order valence-electron chi connectivity index (χ0n) is 11.3. The second-order valence-electron chi connectivity index (χ2n) is 4.73. The number of nitrogens with two attached hydrogens (primary N) is 1. The van der Waals surface area contributed by atoms with Crippen LogP contribution in [-0.4, -0.2) is 26.0 Å². The number of H-pyrrole nitrogens is 1. The summed E-state index contributed by atoms with van der Waals surface area (Å²) in [5, 5.41) is 0.962. The largest absolute Gasteiger partial charge is 0.341 e. The molecule has 0 aliphatic rings. The average molecular weight is 364 g/mol. The molecule has 3 rings (SSSR count). The van der Waals surface area contributed by atoms with Gasteiger partial charge in [0.15, 0.2) is 5.65 Å². The number of hydrogen-bond acceptors (Lipinski definition) is 5. The molecule has 0 bridgehead atoms. The zero-order chi connectivity index (χ0) is 14.8. The minimum Gasteiger partial charge on any atom is -0.341 e. The molecule has 108 valence electrons. The lowest BCUT2D eigenvalue weighted by Crippen LogP contribution is -2.22. The summed E-state index contributed by atoms with van der Waals surface area (Å²) in [6.07, 6.45) is 3.16. The molecule has 2 aromatic heterocycles. The fraction of sp³-hybridized carbons (Fsp3) is 0.214. The predicted molar refractivity (Wildman–Crippen MR) is 88.1 cm³/mol. The smallest absolute Gasteiger partial charge is 0.181 e. The third-order valence-electron chi connectivity index (χ3n) is 3.08. The lowest BCUT2D eigenvalue weighted by Gasteiger charge is -2.20. The van der Waals surface area contributed by atoms with Crippen LogP contribution in [0.5, 0.6) is 0 Å². The lowest BCUT2D eigenvalue weighted by atomic mass is 10.1. The second-order valence-corrected chi connectivity index (χ2v) is 6.78. The van der Waals surface area contributed by atoms with Crippen LogP contribution in [0, 0.1) is 0 Å². The SMILES string of the molecule is CC(N)C(Sc1ncnc2nc[nH]c12)c1cccc(Br)c1. The van der Waals surface area contributed by atoms with Crippen molar-refractivity contribution in [1.82, 2.24) is 19.9 Å². The van der Waals surface area contributed by atoms with Crippen molar-refractivity contribution in [3.05, 3.63) is 47.0 Å². The van der Waals surface area contributed by atoms with E-state index in [1.165, 1.54) is 6.33 Å². The van der Waals surface area contributed by atoms with E-state index >= 15 is 0 Å². The number of halogens is 1. The Hall–Kier alpha value is -1.44. The molecule has 0 saturated heterocycles. The van der Waals surface area contributed by atoms with Crippen LogP contribution in [-0.2, 0) is 0 Å². The third kappa shape index (κ3) is 3.09. The van der Waals surface area contributed by atoms with Crippen LogP contribution in [0.2, 0.25) is 0 Å². The van der Waals surface area contributed by atoms with Gasteiger partial charge in [0.2, 0.25) is 0 Å². The molecular formula is C14H14BrN5S. The van der Waals surface area contributed by atoms with Crippen LogP contribution in [0.25, 0.3) is 11.2 Å². The minimum absolute atomic E-state index is 0.0164. The number of nitrogens with zero attached hydrogens (tertiary/aromatic N) is 3. The van der Waals surface area contributed by atoms with Crippen LogP contribution < -0.4 is 5.73 Å². The quantitative estimate of drug-likeness (QED) is 0.549. The van der Waals surface area contributed by atoms with E-state index in [9.17, 15) is 0 Å². The molecule has 0 fully saturated rings. The van der Waals surface area contributed by atoms with Gasteiger partial charge in [0, 0.05) is 10.5 Å². The Morgan fingerprint density at radius 3 is 2.90 bits per heavy atom. The van der Waals surface area contributed by atoms with Crippen LogP contribution in [0.3, 0.4) is 0 Å². The molecule has 0 radical (unpaired) electrons. The van der Waals surface area contributed by atoms with Gasteiger partial charge in [0.05, 0.1) is 11.6 Å². The summed E-state index contributed by atoms with van der Waals surface area (Å²) in [5.41, 5.74) is 8.86. The highest BCUT2D eigenvalue weighted by atomic mass is 79.9. The monoisotopic (exact) mass is 363 g/mol. The first-order valence-electron chi connectivity index (χ1n) is 6.47. The maximum Gasteiger partial charge on any atom is 0.181 e. The highest BCUT2D eigenvalue weighted by Gasteiger charge is 2.20. The van der Waals surface area contributed by atoms with Crippen molar-refractivity contribution in [1.29, 1.82) is 0 Å². The van der Waals surface area contributed by atoms with E-state index in [4.69, 9.17) is 5.73 Å². The molecular weight excluding hydrogens is 350 g/mol. The Bertz CT molecular complexity index is 758. The number of rotatable bonds is 4. The van der Waals surface area contributed by atoms with Gasteiger partial charge >= 0.3 is 0 Å². The van der Waals surface area contributed by atoms with E-state index in [2.05, 4.69) is 48.0 Å². The van der Waals surface area contributed by atoms with E-state index in [-0.39, 0.29) is 11.3 Å². The molecule has 0 aliphatic carbocycles.